The van der Waals surface area contributed by atoms with E-state index in [-0.39, 0.29) is 11.6 Å². The number of nitrogens with one attached hydrogen (secondary N) is 1. The summed E-state index contributed by atoms with van der Waals surface area (Å²) in [6.45, 7) is 0.353. The normalized spacial score (nSPS) is 17.7. The summed E-state index contributed by atoms with van der Waals surface area (Å²) in [5.41, 5.74) is 0.618. The topological polar surface area (TPSA) is 133 Å². The molecule has 2 N–H and O–H groups in total. The monoisotopic (exact) mass is 390 g/mol. The Balaban J connectivity index is 2.09. The predicted molar refractivity (Wildman–Crippen MR) is 100 cm³/mol. The molecular formula is C17H18N4O5S. The lowest BCUT2D eigenvalue weighted by Crippen LogP contribution is -2.26. The number of carbonyl (C=O) groups excluding carboxylic acids is 1. The number of rotatable bonds is 9. The van der Waals surface area contributed by atoms with E-state index in [0.717, 1.165) is 11.8 Å². The number of nitriles is 1. The molecule has 0 radical (unpaired) electrons. The minimum absolute atomic E-state index is 0.238. The van der Waals surface area contributed by atoms with Crippen LogP contribution in [0.15, 0.2) is 28.4 Å². The number of carboxylic acids is 1. The Hall–Kier alpha value is -3.06. The number of amides is 1. The fourth-order valence-corrected chi connectivity index (χ4v) is 3.08. The number of thioether (sulfide) groups is 1. The van der Waals surface area contributed by atoms with Gasteiger partial charge in [0.1, 0.15) is 5.25 Å². The van der Waals surface area contributed by atoms with Crippen molar-refractivity contribution in [1.29, 1.82) is 5.26 Å². The van der Waals surface area contributed by atoms with Gasteiger partial charge in [-0.3, -0.25) is 9.59 Å². The summed E-state index contributed by atoms with van der Waals surface area (Å²) < 4.78 is 11.0. The average Bonchev–Trinajstić information content (AvgIpc) is 2.98. The lowest BCUT2D eigenvalue weighted by Gasteiger charge is -2.12. The molecular weight excluding hydrogens is 372 g/mol. The summed E-state index contributed by atoms with van der Waals surface area (Å²) >= 11 is 1.02. The third kappa shape index (κ3) is 6.00. The van der Waals surface area contributed by atoms with Crippen LogP contribution in [0.5, 0.6) is 11.5 Å². The number of benzene rings is 1. The molecule has 1 unspecified atom stereocenters. The van der Waals surface area contributed by atoms with E-state index >= 15 is 0 Å². The summed E-state index contributed by atoms with van der Waals surface area (Å²) in [5.74, 6) is -0.455. The highest BCUT2D eigenvalue weighted by Gasteiger charge is 2.32. The third-order valence-electron chi connectivity index (χ3n) is 3.39. The van der Waals surface area contributed by atoms with Crippen molar-refractivity contribution in [2.75, 3.05) is 13.7 Å². The molecule has 0 aliphatic carbocycles. The highest BCUT2D eigenvalue weighted by atomic mass is 32.2. The maximum Gasteiger partial charge on any atom is 0.305 e. The first kappa shape index (κ1) is 20.3. The zero-order chi connectivity index (χ0) is 19.6. The number of amidine groups is 1. The van der Waals surface area contributed by atoms with E-state index in [0.29, 0.717) is 36.5 Å². The standard InChI is InChI=1S/C17H18N4O5S/c1-25-12-6-4-5-11(15(12)26-8-3-2-7-18)10-19-21-17-20-16(24)13(27-17)9-14(22)23/h4-6,10,13H,2-3,8-9H2,1H3,(H,22,23)(H,20,21,24). The Morgan fingerprint density at radius 2 is 2.33 bits per heavy atom. The number of ether oxygens (including phenoxy) is 2. The number of para-hydroxylation sites is 1. The van der Waals surface area contributed by atoms with Crippen LogP contribution in [0.4, 0.5) is 0 Å². The quantitative estimate of drug-likeness (QED) is 0.373. The second kappa shape index (κ2) is 10.2. The van der Waals surface area contributed by atoms with Gasteiger partial charge >= 0.3 is 5.97 Å². The first-order valence-corrected chi connectivity index (χ1v) is 8.90. The summed E-state index contributed by atoms with van der Waals surface area (Å²) in [5, 5.41) is 27.3. The Morgan fingerprint density at radius 3 is 3.04 bits per heavy atom. The number of methoxy groups -OCH3 is 1. The van der Waals surface area contributed by atoms with Crippen LogP contribution in [-0.4, -0.2) is 47.3 Å². The van der Waals surface area contributed by atoms with Crippen LogP contribution in [0, 0.1) is 11.3 Å². The van der Waals surface area contributed by atoms with E-state index in [9.17, 15) is 9.59 Å². The van der Waals surface area contributed by atoms with Crippen LogP contribution in [0.1, 0.15) is 24.8 Å². The van der Waals surface area contributed by atoms with Crippen LogP contribution in [0.3, 0.4) is 0 Å². The first-order chi connectivity index (χ1) is 13.0. The molecule has 1 aliphatic rings. The summed E-state index contributed by atoms with van der Waals surface area (Å²) in [6, 6.07) is 7.33. The van der Waals surface area contributed by atoms with Crippen LogP contribution < -0.4 is 14.8 Å². The molecule has 1 fully saturated rings. The molecule has 0 bridgehead atoms. The molecule has 1 aromatic rings. The highest BCUT2D eigenvalue weighted by molar-refractivity contribution is 8.15. The average molecular weight is 390 g/mol. The van der Waals surface area contributed by atoms with Crippen LogP contribution >= 0.6 is 11.8 Å². The van der Waals surface area contributed by atoms with Gasteiger partial charge < -0.3 is 19.9 Å². The Kier molecular flexibility index (Phi) is 7.63. The number of unbranched alkanes of at least 4 members (excludes halogenated alkanes) is 1. The van der Waals surface area contributed by atoms with Crippen LogP contribution in [-0.2, 0) is 9.59 Å². The van der Waals surface area contributed by atoms with Crippen molar-refractivity contribution in [3.63, 3.8) is 0 Å². The molecule has 1 atom stereocenters. The fourth-order valence-electron chi connectivity index (χ4n) is 2.16. The molecule has 10 heteroatoms. The summed E-state index contributed by atoms with van der Waals surface area (Å²) in [7, 11) is 1.52. The number of carbonyl (C=O) groups is 2. The van der Waals surface area contributed by atoms with Crippen molar-refractivity contribution >= 4 is 35.0 Å². The zero-order valence-electron chi connectivity index (χ0n) is 14.5. The van der Waals surface area contributed by atoms with Crippen LogP contribution in [0.2, 0.25) is 0 Å². The zero-order valence-corrected chi connectivity index (χ0v) is 15.4. The molecule has 9 nitrogen and oxygen atoms in total. The van der Waals surface area contributed by atoms with Crippen molar-refractivity contribution in [3.05, 3.63) is 23.8 Å². The second-order valence-electron chi connectivity index (χ2n) is 5.33. The molecule has 1 saturated heterocycles. The number of nitrogens with zero attached hydrogens (tertiary/aromatic N) is 3. The molecule has 1 aromatic carbocycles. The summed E-state index contributed by atoms with van der Waals surface area (Å²) in [6.07, 6.45) is 2.14. The molecule has 0 aromatic heterocycles. The highest BCUT2D eigenvalue weighted by Crippen LogP contribution is 2.30. The first-order valence-electron chi connectivity index (χ1n) is 8.02. The van der Waals surface area contributed by atoms with Crippen molar-refractivity contribution in [1.82, 2.24) is 5.32 Å². The van der Waals surface area contributed by atoms with Gasteiger partial charge in [-0.05, 0) is 18.6 Å². The molecule has 1 amide bonds. The number of hydrogen-bond donors (Lipinski definition) is 2. The molecule has 0 spiro atoms. The minimum Gasteiger partial charge on any atom is -0.493 e. The van der Waals surface area contributed by atoms with Gasteiger partial charge in [-0.2, -0.15) is 10.4 Å². The number of aliphatic carboxylic acids is 1. The van der Waals surface area contributed by atoms with E-state index in [2.05, 4.69) is 21.6 Å². The number of hydrogen-bond acceptors (Lipinski definition) is 8. The van der Waals surface area contributed by atoms with Crippen molar-refractivity contribution < 1.29 is 24.2 Å². The molecule has 0 saturated carbocycles. The summed E-state index contributed by atoms with van der Waals surface area (Å²) in [4.78, 5) is 22.4. The van der Waals surface area contributed by atoms with Gasteiger partial charge in [0.2, 0.25) is 5.91 Å². The molecule has 142 valence electrons. The van der Waals surface area contributed by atoms with Gasteiger partial charge in [0.15, 0.2) is 16.7 Å². The van der Waals surface area contributed by atoms with Gasteiger partial charge in [0.05, 0.1) is 32.4 Å². The van der Waals surface area contributed by atoms with E-state index in [1.54, 1.807) is 18.2 Å². The predicted octanol–water partition coefficient (Wildman–Crippen LogP) is 1.77. The smallest absolute Gasteiger partial charge is 0.305 e. The molecule has 1 aliphatic heterocycles. The minimum atomic E-state index is -1.05. The fraction of sp³-hybridized carbons (Fsp3) is 0.353. The second-order valence-corrected chi connectivity index (χ2v) is 6.52. The molecule has 1 heterocycles. The molecule has 27 heavy (non-hydrogen) atoms. The van der Waals surface area contributed by atoms with Crippen LogP contribution in [0.25, 0.3) is 0 Å². The van der Waals surface area contributed by atoms with E-state index in [1.165, 1.54) is 13.3 Å². The van der Waals surface area contributed by atoms with E-state index < -0.39 is 17.1 Å². The Labute approximate surface area is 160 Å². The Morgan fingerprint density at radius 1 is 1.52 bits per heavy atom. The third-order valence-corrected chi connectivity index (χ3v) is 4.46. The maximum absolute atomic E-state index is 11.7. The van der Waals surface area contributed by atoms with Gasteiger partial charge in [0.25, 0.3) is 0 Å². The van der Waals surface area contributed by atoms with E-state index in [4.69, 9.17) is 19.8 Å². The van der Waals surface area contributed by atoms with Gasteiger partial charge in [0, 0.05) is 12.0 Å². The SMILES string of the molecule is COc1cccc(C=NN=C2NC(=O)C(CC(=O)O)S2)c1OCCCC#N. The van der Waals surface area contributed by atoms with Crippen molar-refractivity contribution in [3.8, 4) is 17.6 Å². The van der Waals surface area contributed by atoms with Gasteiger partial charge in [-0.1, -0.05) is 17.8 Å². The van der Waals surface area contributed by atoms with Gasteiger partial charge in [-0.25, -0.2) is 0 Å². The largest absolute Gasteiger partial charge is 0.493 e. The maximum atomic E-state index is 11.7. The van der Waals surface area contributed by atoms with Gasteiger partial charge in [-0.15, -0.1) is 5.10 Å². The Bertz CT molecular complexity index is 803. The number of carboxylic acid groups (broad SMARTS) is 1. The van der Waals surface area contributed by atoms with E-state index in [1.807, 2.05) is 0 Å². The van der Waals surface area contributed by atoms with Crippen molar-refractivity contribution in [2.45, 2.75) is 24.5 Å². The lowest BCUT2D eigenvalue weighted by atomic mass is 10.2. The molecule has 2 rings (SSSR count). The van der Waals surface area contributed by atoms with Crippen molar-refractivity contribution in [2.24, 2.45) is 10.2 Å². The lowest BCUT2D eigenvalue weighted by molar-refractivity contribution is -0.138.